The molecular formula is C12H14N4O5. The number of hydrogen-bond acceptors (Lipinski definition) is 6. The number of unbranched alkanes of at least 4 members (excludes halogenated alkanes) is 1. The molecule has 0 heterocycles. The average Bonchev–Trinajstić information content (AvgIpc) is 2.46. The fourth-order valence-electron chi connectivity index (χ4n) is 1.43. The molecule has 9 nitrogen and oxygen atoms in total. The number of hydrazine groups is 1. The number of rotatable bonds is 7. The van der Waals surface area contributed by atoms with Gasteiger partial charge in [0.25, 0.3) is 17.3 Å². The third-order valence-corrected chi connectivity index (χ3v) is 2.43. The third-order valence-electron chi connectivity index (χ3n) is 2.43. The normalized spacial score (nSPS) is 10.3. The van der Waals surface area contributed by atoms with E-state index < -0.39 is 27.1 Å². The van der Waals surface area contributed by atoms with Crippen LogP contribution in [0.15, 0.2) is 30.5 Å². The molecule has 112 valence electrons. The number of non-ortho nitro benzene ring substituents is 2. The largest absolute Gasteiger partial charge is 0.306 e. The average molecular weight is 294 g/mol. The molecule has 0 radical (unpaired) electrons. The number of carbonyl (C=O) groups is 1. The monoisotopic (exact) mass is 294 g/mol. The maximum absolute atomic E-state index is 11.8. The van der Waals surface area contributed by atoms with Crippen LogP contribution in [0.3, 0.4) is 0 Å². The molecule has 0 unspecified atom stereocenters. The molecule has 0 fully saturated rings. The Bertz CT molecular complexity index is 553. The number of benzene rings is 1. The lowest BCUT2D eigenvalue weighted by Gasteiger charge is -2.04. The number of hydrogen-bond donors (Lipinski definition) is 2. The van der Waals surface area contributed by atoms with E-state index in [-0.39, 0.29) is 5.56 Å². The van der Waals surface area contributed by atoms with E-state index in [9.17, 15) is 25.0 Å². The Balaban J connectivity index is 2.88. The second kappa shape index (κ2) is 7.58. The molecule has 0 aliphatic heterocycles. The predicted octanol–water partition coefficient (Wildman–Crippen LogP) is 2.05. The van der Waals surface area contributed by atoms with Gasteiger partial charge in [-0.2, -0.15) is 0 Å². The Hall–Kier alpha value is -2.97. The summed E-state index contributed by atoms with van der Waals surface area (Å²) >= 11 is 0. The van der Waals surface area contributed by atoms with Crippen LogP contribution in [0.1, 0.15) is 30.1 Å². The zero-order valence-corrected chi connectivity index (χ0v) is 11.2. The summed E-state index contributed by atoms with van der Waals surface area (Å²) in [6.07, 6.45) is 5.07. The fourth-order valence-corrected chi connectivity index (χ4v) is 1.43. The second-order valence-corrected chi connectivity index (χ2v) is 4.04. The maximum atomic E-state index is 11.8. The van der Waals surface area contributed by atoms with Crippen LogP contribution in [0.2, 0.25) is 0 Å². The number of carbonyl (C=O) groups excluding carboxylic acids is 1. The maximum Gasteiger partial charge on any atom is 0.277 e. The molecule has 0 aromatic heterocycles. The number of allylic oxidation sites excluding steroid dienone is 1. The zero-order chi connectivity index (χ0) is 15.8. The molecule has 0 spiro atoms. The number of nitrogens with one attached hydrogen (secondary N) is 2. The number of nitrogens with zero attached hydrogens (tertiary/aromatic N) is 2. The van der Waals surface area contributed by atoms with Gasteiger partial charge in [-0.3, -0.25) is 30.4 Å². The van der Waals surface area contributed by atoms with Crippen LogP contribution in [0.25, 0.3) is 0 Å². The van der Waals surface area contributed by atoms with E-state index in [4.69, 9.17) is 0 Å². The van der Waals surface area contributed by atoms with Gasteiger partial charge in [-0.15, -0.1) is 0 Å². The van der Waals surface area contributed by atoms with Crippen molar-refractivity contribution < 1.29 is 14.6 Å². The molecule has 0 aliphatic carbocycles. The molecule has 0 saturated heterocycles. The highest BCUT2D eigenvalue weighted by atomic mass is 16.6. The van der Waals surface area contributed by atoms with Crippen molar-refractivity contribution in [2.45, 2.75) is 19.8 Å². The Kier molecular flexibility index (Phi) is 5.80. The Morgan fingerprint density at radius 3 is 2.24 bits per heavy atom. The van der Waals surface area contributed by atoms with Gasteiger partial charge < -0.3 is 5.43 Å². The molecule has 1 aromatic carbocycles. The molecule has 1 aromatic rings. The van der Waals surface area contributed by atoms with Crippen LogP contribution in [-0.2, 0) is 0 Å². The van der Waals surface area contributed by atoms with Gasteiger partial charge in [-0.1, -0.05) is 19.4 Å². The number of nitro groups is 2. The topological polar surface area (TPSA) is 127 Å². The summed E-state index contributed by atoms with van der Waals surface area (Å²) < 4.78 is 0. The number of amides is 1. The molecule has 21 heavy (non-hydrogen) atoms. The van der Waals surface area contributed by atoms with E-state index in [0.717, 1.165) is 31.0 Å². The second-order valence-electron chi connectivity index (χ2n) is 4.04. The van der Waals surface area contributed by atoms with Crippen molar-refractivity contribution in [2.75, 3.05) is 0 Å². The van der Waals surface area contributed by atoms with E-state index in [1.807, 2.05) is 6.92 Å². The Morgan fingerprint density at radius 2 is 1.76 bits per heavy atom. The lowest BCUT2D eigenvalue weighted by Crippen LogP contribution is -2.33. The van der Waals surface area contributed by atoms with Crippen molar-refractivity contribution in [1.82, 2.24) is 10.9 Å². The summed E-state index contributed by atoms with van der Waals surface area (Å²) in [6, 6.07) is 2.74. The predicted molar refractivity (Wildman–Crippen MR) is 74.4 cm³/mol. The molecule has 0 atom stereocenters. The zero-order valence-electron chi connectivity index (χ0n) is 11.2. The van der Waals surface area contributed by atoms with E-state index in [1.165, 1.54) is 6.20 Å². The van der Waals surface area contributed by atoms with Crippen LogP contribution in [0.5, 0.6) is 0 Å². The molecule has 0 saturated carbocycles. The first-order chi connectivity index (χ1) is 9.95. The summed E-state index contributed by atoms with van der Waals surface area (Å²) in [5.41, 5.74) is 3.56. The molecular weight excluding hydrogens is 280 g/mol. The summed E-state index contributed by atoms with van der Waals surface area (Å²) in [4.78, 5) is 31.6. The highest BCUT2D eigenvalue weighted by Crippen LogP contribution is 2.22. The minimum atomic E-state index is -0.793. The van der Waals surface area contributed by atoms with E-state index >= 15 is 0 Å². The van der Waals surface area contributed by atoms with Gasteiger partial charge in [0.1, 0.15) is 0 Å². The smallest absolute Gasteiger partial charge is 0.277 e. The summed E-state index contributed by atoms with van der Waals surface area (Å²) in [6.45, 7) is 1.99. The molecule has 1 amide bonds. The first-order valence-electron chi connectivity index (χ1n) is 6.10. The van der Waals surface area contributed by atoms with Gasteiger partial charge in [0.05, 0.1) is 21.5 Å². The van der Waals surface area contributed by atoms with Gasteiger partial charge in [-0.25, -0.2) is 0 Å². The SMILES string of the molecule is CCCC=CNNC(=O)c1cc([N+](=O)[O-])cc([N+](=O)[O-])c1. The van der Waals surface area contributed by atoms with Gasteiger partial charge in [0.15, 0.2) is 0 Å². The van der Waals surface area contributed by atoms with Crippen LogP contribution in [-0.4, -0.2) is 15.8 Å². The third kappa shape index (κ3) is 4.90. The van der Waals surface area contributed by atoms with Crippen molar-refractivity contribution in [1.29, 1.82) is 0 Å². The fraction of sp³-hybridized carbons (Fsp3) is 0.250. The van der Waals surface area contributed by atoms with Crippen molar-refractivity contribution in [2.24, 2.45) is 0 Å². The Labute approximate surface area is 119 Å². The van der Waals surface area contributed by atoms with Gasteiger partial charge in [0.2, 0.25) is 0 Å². The highest BCUT2D eigenvalue weighted by molar-refractivity contribution is 5.95. The quantitative estimate of drug-likeness (QED) is 0.585. The standard InChI is InChI=1S/C12H14N4O5/c1-2-3-4-5-13-14-12(17)9-6-10(15(18)19)8-11(7-9)16(20)21/h4-8,13H,2-3H2,1H3,(H,14,17). The first kappa shape index (κ1) is 16.1. The highest BCUT2D eigenvalue weighted by Gasteiger charge is 2.19. The number of nitro benzene ring substituents is 2. The van der Waals surface area contributed by atoms with Crippen LogP contribution >= 0.6 is 0 Å². The van der Waals surface area contributed by atoms with Crippen molar-refractivity contribution in [3.63, 3.8) is 0 Å². The van der Waals surface area contributed by atoms with Gasteiger partial charge in [-0.05, 0) is 6.42 Å². The lowest BCUT2D eigenvalue weighted by molar-refractivity contribution is -0.394. The molecule has 0 aliphatic rings. The van der Waals surface area contributed by atoms with E-state index in [0.29, 0.717) is 0 Å². The summed E-state index contributed by atoms with van der Waals surface area (Å²) in [5.74, 6) is -0.706. The van der Waals surface area contributed by atoms with Crippen molar-refractivity contribution in [3.8, 4) is 0 Å². The first-order valence-corrected chi connectivity index (χ1v) is 6.10. The van der Waals surface area contributed by atoms with Gasteiger partial charge in [0, 0.05) is 18.3 Å². The molecule has 0 bridgehead atoms. The van der Waals surface area contributed by atoms with Crippen molar-refractivity contribution in [3.05, 3.63) is 56.3 Å². The Morgan fingerprint density at radius 1 is 1.19 bits per heavy atom. The summed E-state index contributed by atoms with van der Waals surface area (Å²) in [5, 5.41) is 21.4. The van der Waals surface area contributed by atoms with Crippen LogP contribution < -0.4 is 10.9 Å². The minimum Gasteiger partial charge on any atom is -0.306 e. The van der Waals surface area contributed by atoms with E-state index in [1.54, 1.807) is 6.08 Å². The van der Waals surface area contributed by atoms with E-state index in [2.05, 4.69) is 10.9 Å². The lowest BCUT2D eigenvalue weighted by atomic mass is 10.1. The van der Waals surface area contributed by atoms with Crippen molar-refractivity contribution >= 4 is 17.3 Å². The minimum absolute atomic E-state index is 0.174. The van der Waals surface area contributed by atoms with Gasteiger partial charge >= 0.3 is 0 Å². The molecule has 2 N–H and O–H groups in total. The van der Waals surface area contributed by atoms with Crippen LogP contribution in [0.4, 0.5) is 11.4 Å². The summed E-state index contributed by atoms with van der Waals surface area (Å²) in [7, 11) is 0. The molecule has 9 heteroatoms. The van der Waals surface area contributed by atoms with Crippen LogP contribution in [0, 0.1) is 20.2 Å². The molecule has 1 rings (SSSR count).